The van der Waals surface area contributed by atoms with Crippen molar-refractivity contribution < 1.29 is 4.39 Å². The van der Waals surface area contributed by atoms with Gasteiger partial charge in [0.05, 0.1) is 23.1 Å². The molecule has 2 bridgehead atoms. The highest BCUT2D eigenvalue weighted by Crippen LogP contribution is 2.46. The second kappa shape index (κ2) is 9.35. The van der Waals surface area contributed by atoms with Crippen molar-refractivity contribution in [3.63, 3.8) is 0 Å². The third kappa shape index (κ3) is 4.05. The lowest BCUT2D eigenvalue weighted by atomic mass is 9.62. The van der Waals surface area contributed by atoms with Gasteiger partial charge in [-0.1, -0.05) is 67.6 Å². The number of nitrogens with one attached hydrogen (secondary N) is 2. The highest BCUT2D eigenvalue weighted by atomic mass is 19.1. The Bertz CT molecular complexity index is 1590. The highest BCUT2D eigenvalue weighted by molar-refractivity contribution is 6.01. The molecule has 3 aliphatic rings. The van der Waals surface area contributed by atoms with E-state index in [-0.39, 0.29) is 5.82 Å². The number of hydrogen-bond donors (Lipinski definition) is 2. The molecule has 5 aromatic rings. The molecule has 3 saturated carbocycles. The Kier molecular flexibility index (Phi) is 5.68. The zero-order valence-corrected chi connectivity index (χ0v) is 21.4. The van der Waals surface area contributed by atoms with Gasteiger partial charge < -0.3 is 10.3 Å². The van der Waals surface area contributed by atoms with Crippen molar-refractivity contribution in [2.24, 2.45) is 17.8 Å². The van der Waals surface area contributed by atoms with Gasteiger partial charge in [0, 0.05) is 23.1 Å². The molecule has 8 rings (SSSR count). The summed E-state index contributed by atoms with van der Waals surface area (Å²) in [7, 11) is 0. The predicted molar refractivity (Wildman–Crippen MR) is 150 cm³/mol. The summed E-state index contributed by atoms with van der Waals surface area (Å²) in [6, 6.07) is 24.2. The lowest BCUT2D eigenvalue weighted by Crippen LogP contribution is -2.47. The van der Waals surface area contributed by atoms with E-state index in [1.165, 1.54) is 37.9 Å². The number of halogens is 1. The van der Waals surface area contributed by atoms with Crippen molar-refractivity contribution in [2.45, 2.75) is 38.6 Å². The average Bonchev–Trinajstić information content (AvgIpc) is 3.35. The van der Waals surface area contributed by atoms with Crippen LogP contribution in [0.1, 0.15) is 32.6 Å². The van der Waals surface area contributed by atoms with Crippen LogP contribution < -0.4 is 5.32 Å². The lowest BCUT2D eigenvalue weighted by Gasteiger charge is -2.47. The van der Waals surface area contributed by atoms with Gasteiger partial charge in [0.1, 0.15) is 17.3 Å². The van der Waals surface area contributed by atoms with Crippen LogP contribution in [0.5, 0.6) is 0 Å². The van der Waals surface area contributed by atoms with Crippen LogP contribution >= 0.6 is 0 Å². The summed E-state index contributed by atoms with van der Waals surface area (Å²) in [4.78, 5) is 17.9. The number of H-pyrrole nitrogens is 1. The minimum atomic E-state index is -0.387. The van der Waals surface area contributed by atoms with E-state index in [1.54, 1.807) is 0 Å². The van der Waals surface area contributed by atoms with Gasteiger partial charge in [0.15, 0.2) is 5.82 Å². The van der Waals surface area contributed by atoms with Crippen molar-refractivity contribution >= 4 is 16.9 Å². The Morgan fingerprint density at radius 3 is 2.24 bits per heavy atom. The molecule has 2 atom stereocenters. The van der Waals surface area contributed by atoms with Crippen molar-refractivity contribution in [1.82, 2.24) is 19.9 Å². The Balaban J connectivity index is 1.42. The number of nitrogens with zero attached hydrogens (tertiary/aromatic N) is 3. The van der Waals surface area contributed by atoms with E-state index in [0.29, 0.717) is 34.7 Å². The molecule has 2 unspecified atom stereocenters. The van der Waals surface area contributed by atoms with Crippen LogP contribution in [0.3, 0.4) is 0 Å². The fourth-order valence-corrected chi connectivity index (χ4v) is 6.66. The summed E-state index contributed by atoms with van der Waals surface area (Å²) >= 11 is 0. The van der Waals surface area contributed by atoms with Gasteiger partial charge in [0.2, 0.25) is 0 Å². The van der Waals surface area contributed by atoms with E-state index in [4.69, 9.17) is 9.97 Å². The second-order valence-electron chi connectivity index (χ2n) is 10.8. The summed E-state index contributed by atoms with van der Waals surface area (Å²) in [5.41, 5.74) is 5.04. The fraction of sp³-hybridized carbons (Fsp3) is 0.281. The number of benzene rings is 2. The third-order valence-corrected chi connectivity index (χ3v) is 8.65. The molecular formula is C32H30FN5. The molecule has 190 valence electrons. The maximum atomic E-state index is 14.5. The first-order chi connectivity index (χ1) is 18.6. The quantitative estimate of drug-likeness (QED) is 0.258. The van der Waals surface area contributed by atoms with Gasteiger partial charge in [-0.25, -0.2) is 19.3 Å². The van der Waals surface area contributed by atoms with E-state index < -0.39 is 0 Å². The van der Waals surface area contributed by atoms with Crippen molar-refractivity contribution in [3.8, 4) is 33.9 Å². The number of fused-ring (bicyclic) bond motifs is 4. The number of hydrogen-bond acceptors (Lipinski definition) is 4. The first-order valence-electron chi connectivity index (χ1n) is 13.6. The molecule has 0 amide bonds. The SMILES string of the molecule is CC1C2CCC(CC2)C1Nc1cc(-c2ccccc2)nc(-c2c(-c3ccccc3)[nH]c3ncc(F)cc23)n1. The maximum absolute atomic E-state index is 14.5. The molecule has 3 heterocycles. The Morgan fingerprint density at radius 2 is 1.53 bits per heavy atom. The summed E-state index contributed by atoms with van der Waals surface area (Å²) < 4.78 is 14.5. The molecule has 0 spiro atoms. The Morgan fingerprint density at radius 1 is 0.842 bits per heavy atom. The minimum Gasteiger partial charge on any atom is -0.367 e. The van der Waals surface area contributed by atoms with E-state index in [0.717, 1.165) is 39.8 Å². The molecule has 2 aromatic carbocycles. The third-order valence-electron chi connectivity index (χ3n) is 8.65. The molecule has 3 aromatic heterocycles. The smallest absolute Gasteiger partial charge is 0.164 e. The summed E-state index contributed by atoms with van der Waals surface area (Å²) in [5.74, 6) is 3.03. The standard InChI is InChI=1S/C32H30FN5/c1-19-20-12-14-23(15-13-20)29(19)36-27-17-26(21-8-4-2-5-9-21)35-32(37-27)28-25-16-24(33)18-34-31(25)38-30(28)22-10-6-3-7-11-22/h2-11,16-20,23,29H,12-15H2,1H3,(H,34,38)(H,35,36,37). The number of pyridine rings is 1. The van der Waals surface area contributed by atoms with Crippen LogP contribution in [0, 0.1) is 23.6 Å². The average molecular weight is 504 g/mol. The topological polar surface area (TPSA) is 66.5 Å². The van der Waals surface area contributed by atoms with Crippen LogP contribution in [-0.2, 0) is 0 Å². The fourth-order valence-electron chi connectivity index (χ4n) is 6.66. The van der Waals surface area contributed by atoms with Gasteiger partial charge in [-0.2, -0.15) is 0 Å². The first-order valence-corrected chi connectivity index (χ1v) is 13.6. The Hall–Kier alpha value is -4.06. The lowest BCUT2D eigenvalue weighted by molar-refractivity contribution is 0.0928. The molecule has 0 aliphatic heterocycles. The van der Waals surface area contributed by atoms with Crippen molar-refractivity contribution in [3.05, 3.63) is 84.8 Å². The number of aromatic amines is 1. The van der Waals surface area contributed by atoms with Gasteiger partial charge in [-0.15, -0.1) is 0 Å². The normalized spacial score (nSPS) is 22.6. The monoisotopic (exact) mass is 503 g/mol. The summed E-state index contributed by atoms with van der Waals surface area (Å²) in [6.45, 7) is 2.38. The van der Waals surface area contributed by atoms with Gasteiger partial charge in [-0.3, -0.25) is 0 Å². The van der Waals surface area contributed by atoms with Crippen LogP contribution in [0.15, 0.2) is 79.0 Å². The minimum absolute atomic E-state index is 0.387. The largest absolute Gasteiger partial charge is 0.367 e. The van der Waals surface area contributed by atoms with E-state index in [2.05, 4.69) is 40.4 Å². The molecule has 2 N–H and O–H groups in total. The highest BCUT2D eigenvalue weighted by Gasteiger charge is 2.41. The van der Waals surface area contributed by atoms with Crippen molar-refractivity contribution in [2.75, 3.05) is 5.32 Å². The number of aromatic nitrogens is 4. The molecule has 3 aliphatic carbocycles. The maximum Gasteiger partial charge on any atom is 0.164 e. The number of anilines is 1. The van der Waals surface area contributed by atoms with Crippen LogP contribution in [0.2, 0.25) is 0 Å². The van der Waals surface area contributed by atoms with Crippen LogP contribution in [0.25, 0.3) is 44.9 Å². The molecular weight excluding hydrogens is 473 g/mol. The van der Waals surface area contributed by atoms with Crippen LogP contribution in [-0.4, -0.2) is 26.0 Å². The molecule has 3 fully saturated rings. The molecule has 6 heteroatoms. The molecule has 5 nitrogen and oxygen atoms in total. The predicted octanol–water partition coefficient (Wildman–Crippen LogP) is 7.73. The van der Waals surface area contributed by atoms with Gasteiger partial charge >= 0.3 is 0 Å². The summed E-state index contributed by atoms with van der Waals surface area (Å²) in [6.07, 6.45) is 6.47. The first kappa shape index (κ1) is 23.1. The second-order valence-corrected chi connectivity index (χ2v) is 10.8. The summed E-state index contributed by atoms with van der Waals surface area (Å²) in [5, 5.41) is 4.51. The zero-order chi connectivity index (χ0) is 25.6. The molecule has 0 saturated heterocycles. The van der Waals surface area contributed by atoms with Crippen molar-refractivity contribution in [1.29, 1.82) is 0 Å². The number of rotatable bonds is 5. The van der Waals surface area contributed by atoms with Gasteiger partial charge in [0.25, 0.3) is 0 Å². The zero-order valence-electron chi connectivity index (χ0n) is 21.4. The molecule has 0 radical (unpaired) electrons. The van der Waals surface area contributed by atoms with E-state index in [9.17, 15) is 4.39 Å². The van der Waals surface area contributed by atoms with E-state index >= 15 is 0 Å². The molecule has 38 heavy (non-hydrogen) atoms. The Labute approximate surface area is 221 Å². The van der Waals surface area contributed by atoms with Gasteiger partial charge in [-0.05, 0) is 55.1 Å². The van der Waals surface area contributed by atoms with Crippen LogP contribution in [0.4, 0.5) is 10.2 Å². The van der Waals surface area contributed by atoms with E-state index in [1.807, 2.05) is 48.5 Å².